The monoisotopic (exact) mass is 364 g/mol. The predicted octanol–water partition coefficient (Wildman–Crippen LogP) is 3.70. The molecule has 0 aromatic heterocycles. The molecule has 0 aliphatic heterocycles. The number of carbonyl (C=O) groups is 2. The molecule has 142 valence electrons. The van der Waals surface area contributed by atoms with Gasteiger partial charge in [0.1, 0.15) is 0 Å². The summed E-state index contributed by atoms with van der Waals surface area (Å²) in [5, 5.41) is 5.89. The van der Waals surface area contributed by atoms with Crippen LogP contribution in [0.5, 0.6) is 0 Å². The second kappa shape index (κ2) is 9.91. The van der Waals surface area contributed by atoms with Crippen molar-refractivity contribution in [2.75, 3.05) is 13.1 Å². The molecule has 27 heavy (non-hydrogen) atoms. The van der Waals surface area contributed by atoms with Crippen molar-refractivity contribution in [3.05, 3.63) is 71.3 Å². The van der Waals surface area contributed by atoms with Crippen LogP contribution < -0.4 is 10.6 Å². The van der Waals surface area contributed by atoms with Crippen LogP contribution in [-0.4, -0.2) is 24.9 Å². The molecule has 1 saturated carbocycles. The van der Waals surface area contributed by atoms with Crippen molar-refractivity contribution in [1.29, 1.82) is 0 Å². The smallest absolute Gasteiger partial charge is 0.251 e. The Hall–Kier alpha value is -2.62. The van der Waals surface area contributed by atoms with Gasteiger partial charge in [0.15, 0.2) is 0 Å². The molecule has 0 heterocycles. The van der Waals surface area contributed by atoms with E-state index >= 15 is 0 Å². The predicted molar refractivity (Wildman–Crippen MR) is 108 cm³/mol. The Labute approximate surface area is 161 Å². The molecule has 0 radical (unpaired) electrons. The van der Waals surface area contributed by atoms with E-state index in [4.69, 9.17) is 0 Å². The van der Waals surface area contributed by atoms with Crippen LogP contribution in [0.1, 0.15) is 53.6 Å². The molecule has 1 aliphatic carbocycles. The Bertz CT molecular complexity index is 752. The molecule has 4 heteroatoms. The summed E-state index contributed by atoms with van der Waals surface area (Å²) < 4.78 is 0. The lowest BCUT2D eigenvalue weighted by atomic mass is 9.89. The number of benzene rings is 2. The Balaban J connectivity index is 1.49. The highest BCUT2D eigenvalue weighted by molar-refractivity contribution is 5.95. The zero-order valence-electron chi connectivity index (χ0n) is 15.7. The van der Waals surface area contributed by atoms with Crippen LogP contribution in [0.15, 0.2) is 54.6 Å². The van der Waals surface area contributed by atoms with E-state index in [1.807, 2.05) is 42.5 Å². The third-order valence-electron chi connectivity index (χ3n) is 5.19. The van der Waals surface area contributed by atoms with Crippen molar-refractivity contribution in [3.8, 4) is 0 Å². The number of amides is 2. The van der Waals surface area contributed by atoms with Crippen molar-refractivity contribution < 1.29 is 9.59 Å². The first kappa shape index (κ1) is 19.2. The topological polar surface area (TPSA) is 58.2 Å². The molecule has 4 nitrogen and oxygen atoms in total. The van der Waals surface area contributed by atoms with Gasteiger partial charge < -0.3 is 10.6 Å². The summed E-state index contributed by atoms with van der Waals surface area (Å²) in [4.78, 5) is 24.7. The summed E-state index contributed by atoms with van der Waals surface area (Å²) in [7, 11) is 0. The molecule has 1 aliphatic rings. The normalized spacial score (nSPS) is 14.5. The van der Waals surface area contributed by atoms with Crippen molar-refractivity contribution in [2.24, 2.45) is 5.92 Å². The quantitative estimate of drug-likeness (QED) is 0.736. The van der Waals surface area contributed by atoms with Gasteiger partial charge in [-0.2, -0.15) is 0 Å². The molecule has 2 amide bonds. The second-order valence-corrected chi connectivity index (χ2v) is 7.20. The highest BCUT2D eigenvalue weighted by atomic mass is 16.2. The molecule has 2 N–H and O–H groups in total. The Morgan fingerprint density at radius 1 is 0.815 bits per heavy atom. The molecule has 1 fully saturated rings. The lowest BCUT2D eigenvalue weighted by Gasteiger charge is -2.20. The van der Waals surface area contributed by atoms with E-state index in [2.05, 4.69) is 22.8 Å². The third-order valence-corrected chi connectivity index (χ3v) is 5.19. The Kier molecular flexibility index (Phi) is 7.03. The first-order chi connectivity index (χ1) is 13.2. The van der Waals surface area contributed by atoms with Crippen molar-refractivity contribution in [3.63, 3.8) is 0 Å². The molecule has 0 saturated heterocycles. The lowest BCUT2D eigenvalue weighted by Crippen LogP contribution is -2.38. The molecular weight excluding hydrogens is 336 g/mol. The van der Waals surface area contributed by atoms with Crippen LogP contribution in [0.4, 0.5) is 0 Å². The maximum absolute atomic E-state index is 12.6. The first-order valence-electron chi connectivity index (χ1n) is 9.92. The Morgan fingerprint density at radius 3 is 2.26 bits per heavy atom. The summed E-state index contributed by atoms with van der Waals surface area (Å²) in [6.07, 6.45) is 6.24. The molecule has 2 aromatic rings. The van der Waals surface area contributed by atoms with Gasteiger partial charge in [-0.15, -0.1) is 0 Å². The van der Waals surface area contributed by atoms with Crippen LogP contribution >= 0.6 is 0 Å². The minimum absolute atomic E-state index is 0.0894. The van der Waals surface area contributed by atoms with E-state index in [1.54, 1.807) is 0 Å². The van der Waals surface area contributed by atoms with Gasteiger partial charge >= 0.3 is 0 Å². The third kappa shape index (κ3) is 5.68. The summed E-state index contributed by atoms with van der Waals surface area (Å²) in [5.74, 6) is 0.197. The van der Waals surface area contributed by atoms with E-state index < -0.39 is 0 Å². The molecule has 0 unspecified atom stereocenters. The van der Waals surface area contributed by atoms with Crippen molar-refractivity contribution in [2.45, 2.75) is 38.5 Å². The standard InChI is InChI=1S/C23H28N2O2/c26-22(19-11-5-2-6-12-19)24-15-16-25-23(27)21-14-8-7-13-20(21)17-18-9-3-1-4-10-18/h1,3-4,7-10,13-14,19H,2,5-6,11-12,15-17H2,(H,24,26)(H,25,27). The summed E-state index contributed by atoms with van der Waals surface area (Å²) in [6.45, 7) is 0.916. The van der Waals surface area contributed by atoms with Crippen LogP contribution in [0.2, 0.25) is 0 Å². The highest BCUT2D eigenvalue weighted by Crippen LogP contribution is 2.23. The lowest BCUT2D eigenvalue weighted by molar-refractivity contribution is -0.125. The zero-order valence-corrected chi connectivity index (χ0v) is 15.7. The molecule has 0 atom stereocenters. The van der Waals surface area contributed by atoms with E-state index in [9.17, 15) is 9.59 Å². The average Bonchev–Trinajstić information content (AvgIpc) is 2.72. The number of rotatable bonds is 7. The minimum atomic E-state index is -0.0894. The van der Waals surface area contributed by atoms with E-state index in [-0.39, 0.29) is 17.7 Å². The second-order valence-electron chi connectivity index (χ2n) is 7.20. The van der Waals surface area contributed by atoms with Gasteiger partial charge in [0.05, 0.1) is 0 Å². The molecule has 0 spiro atoms. The van der Waals surface area contributed by atoms with Gasteiger partial charge in [-0.3, -0.25) is 9.59 Å². The fraction of sp³-hybridized carbons (Fsp3) is 0.391. The summed E-state index contributed by atoms with van der Waals surface area (Å²) >= 11 is 0. The van der Waals surface area contributed by atoms with Gasteiger partial charge in [-0.1, -0.05) is 67.8 Å². The van der Waals surface area contributed by atoms with Gasteiger partial charge in [0.2, 0.25) is 5.91 Å². The summed E-state index contributed by atoms with van der Waals surface area (Å²) in [6, 6.07) is 17.8. The van der Waals surface area contributed by atoms with Crippen LogP contribution in [-0.2, 0) is 11.2 Å². The van der Waals surface area contributed by atoms with Gasteiger partial charge in [-0.05, 0) is 36.5 Å². The van der Waals surface area contributed by atoms with Crippen molar-refractivity contribution >= 4 is 11.8 Å². The summed E-state index contributed by atoms with van der Waals surface area (Å²) in [5.41, 5.74) is 2.88. The average molecular weight is 364 g/mol. The first-order valence-corrected chi connectivity index (χ1v) is 9.92. The van der Waals surface area contributed by atoms with Crippen molar-refractivity contribution in [1.82, 2.24) is 10.6 Å². The van der Waals surface area contributed by atoms with Gasteiger partial charge in [0.25, 0.3) is 5.91 Å². The maximum Gasteiger partial charge on any atom is 0.251 e. The van der Waals surface area contributed by atoms with Gasteiger partial charge in [-0.25, -0.2) is 0 Å². The van der Waals surface area contributed by atoms with E-state index in [0.29, 0.717) is 18.7 Å². The molecule has 3 rings (SSSR count). The number of nitrogens with one attached hydrogen (secondary N) is 2. The SMILES string of the molecule is O=C(NCCNC(=O)C1CCCCC1)c1ccccc1Cc1ccccc1. The number of hydrogen-bond donors (Lipinski definition) is 2. The van der Waals surface area contributed by atoms with E-state index in [1.165, 1.54) is 12.0 Å². The highest BCUT2D eigenvalue weighted by Gasteiger charge is 2.20. The minimum Gasteiger partial charge on any atom is -0.354 e. The number of carbonyl (C=O) groups excluding carboxylic acids is 2. The fourth-order valence-electron chi connectivity index (χ4n) is 3.68. The largest absolute Gasteiger partial charge is 0.354 e. The van der Waals surface area contributed by atoms with Crippen LogP contribution in [0, 0.1) is 5.92 Å². The zero-order chi connectivity index (χ0) is 18.9. The fourth-order valence-corrected chi connectivity index (χ4v) is 3.68. The molecule has 0 bridgehead atoms. The number of hydrogen-bond acceptors (Lipinski definition) is 2. The van der Waals surface area contributed by atoms with Gasteiger partial charge in [0, 0.05) is 24.6 Å². The Morgan fingerprint density at radius 2 is 1.48 bits per heavy atom. The van der Waals surface area contributed by atoms with Crippen LogP contribution in [0.25, 0.3) is 0 Å². The van der Waals surface area contributed by atoms with E-state index in [0.717, 1.165) is 37.7 Å². The molecular formula is C23H28N2O2. The maximum atomic E-state index is 12.6. The van der Waals surface area contributed by atoms with Crippen LogP contribution in [0.3, 0.4) is 0 Å². The molecule has 2 aromatic carbocycles.